The van der Waals surface area contributed by atoms with Gasteiger partial charge in [-0.2, -0.15) is 0 Å². The minimum atomic E-state index is 0.527. The number of aromatic nitrogens is 3. The summed E-state index contributed by atoms with van der Waals surface area (Å²) < 4.78 is 8.51. The zero-order valence-corrected chi connectivity index (χ0v) is 19.2. The monoisotopic (exact) mass is 438 g/mol. The van der Waals surface area contributed by atoms with E-state index in [9.17, 15) is 0 Å². The molecule has 0 bridgehead atoms. The first-order valence-corrected chi connectivity index (χ1v) is 12.1. The van der Waals surface area contributed by atoms with Crippen LogP contribution in [0.2, 0.25) is 0 Å². The molecule has 0 atom stereocenters. The predicted octanol–water partition coefficient (Wildman–Crippen LogP) is 5.64. The van der Waals surface area contributed by atoms with Gasteiger partial charge in [0.2, 0.25) is 0 Å². The Morgan fingerprint density at radius 1 is 1.00 bits per heavy atom. The van der Waals surface area contributed by atoms with E-state index in [-0.39, 0.29) is 0 Å². The van der Waals surface area contributed by atoms with Gasteiger partial charge in [-0.25, -0.2) is 9.97 Å². The van der Waals surface area contributed by atoms with Gasteiger partial charge in [-0.05, 0) is 68.5 Å². The van der Waals surface area contributed by atoms with Crippen LogP contribution in [0, 0.1) is 12.8 Å². The van der Waals surface area contributed by atoms with Crippen molar-refractivity contribution in [2.75, 3.05) is 19.6 Å². The van der Waals surface area contributed by atoms with E-state index in [0.29, 0.717) is 12.6 Å². The van der Waals surface area contributed by atoms with Gasteiger partial charge in [0.05, 0.1) is 5.69 Å². The van der Waals surface area contributed by atoms with E-state index in [1.165, 1.54) is 50.0 Å². The van der Waals surface area contributed by atoms with Crippen LogP contribution < -0.4 is 4.74 Å². The molecule has 5 heteroatoms. The van der Waals surface area contributed by atoms with Crippen LogP contribution in [0.4, 0.5) is 0 Å². The summed E-state index contributed by atoms with van der Waals surface area (Å²) in [5, 5.41) is 1.16. The number of hydrogen-bond acceptors (Lipinski definition) is 4. The minimum Gasteiger partial charge on any atom is -0.489 e. The van der Waals surface area contributed by atoms with Crippen LogP contribution in [0.3, 0.4) is 0 Å². The van der Waals surface area contributed by atoms with Gasteiger partial charge in [-0.3, -0.25) is 0 Å². The summed E-state index contributed by atoms with van der Waals surface area (Å²) >= 11 is 0. The molecule has 3 heterocycles. The molecular weight excluding hydrogens is 408 g/mol. The molecular formula is C28H30N4O. The van der Waals surface area contributed by atoms with Crippen LogP contribution >= 0.6 is 0 Å². The SMILES string of the molecule is Cc1ncnc2c1c(-c1cccc(OCc3ccccc3)c1)cn2C1CC(CN2CCC2)C1. The lowest BCUT2D eigenvalue weighted by atomic mass is 9.79. The average Bonchev–Trinajstić information content (AvgIpc) is 3.17. The number of benzene rings is 2. The fourth-order valence-electron chi connectivity index (χ4n) is 5.23. The van der Waals surface area contributed by atoms with E-state index in [2.05, 4.69) is 57.9 Å². The van der Waals surface area contributed by atoms with Crippen molar-refractivity contribution in [1.29, 1.82) is 0 Å². The maximum Gasteiger partial charge on any atom is 0.144 e. The normalized spacial score (nSPS) is 20.4. The Balaban J connectivity index is 1.27. The standard InChI is InChI=1S/C28H30N4O/c1-20-27-26(23-9-5-10-25(15-23)33-18-21-7-3-2-4-8-21)17-32(28(27)30-19-29-20)24-13-22(14-24)16-31-11-6-12-31/h2-5,7-10,15,17,19,22,24H,6,11-14,16,18H2,1H3. The van der Waals surface area contributed by atoms with Crippen molar-refractivity contribution in [3.8, 4) is 16.9 Å². The molecule has 6 rings (SSSR count). The highest BCUT2D eigenvalue weighted by molar-refractivity contribution is 5.96. The fourth-order valence-corrected chi connectivity index (χ4v) is 5.23. The molecule has 2 aliphatic rings. The first-order valence-electron chi connectivity index (χ1n) is 12.1. The predicted molar refractivity (Wildman–Crippen MR) is 131 cm³/mol. The molecule has 2 fully saturated rings. The molecule has 168 valence electrons. The molecule has 33 heavy (non-hydrogen) atoms. The van der Waals surface area contributed by atoms with Gasteiger partial charge in [0, 0.05) is 29.7 Å². The summed E-state index contributed by atoms with van der Waals surface area (Å²) in [5.41, 5.74) is 5.60. The third kappa shape index (κ3) is 4.02. The van der Waals surface area contributed by atoms with Crippen LogP contribution in [0.1, 0.15) is 36.6 Å². The Labute approximate surface area is 195 Å². The molecule has 1 saturated heterocycles. The summed E-state index contributed by atoms with van der Waals surface area (Å²) in [6, 6.07) is 19.2. The second kappa shape index (κ2) is 8.64. The Hall–Kier alpha value is -3.18. The van der Waals surface area contributed by atoms with Crippen LogP contribution in [0.15, 0.2) is 67.1 Å². The van der Waals surface area contributed by atoms with Gasteiger partial charge in [-0.15, -0.1) is 0 Å². The van der Waals surface area contributed by atoms with E-state index in [1.54, 1.807) is 6.33 Å². The van der Waals surface area contributed by atoms with Gasteiger partial charge >= 0.3 is 0 Å². The molecule has 4 aromatic rings. The second-order valence-electron chi connectivity index (χ2n) is 9.56. The summed E-state index contributed by atoms with van der Waals surface area (Å²) in [6.07, 6.45) is 7.85. The number of rotatable bonds is 7. The highest BCUT2D eigenvalue weighted by Crippen LogP contribution is 2.43. The summed E-state index contributed by atoms with van der Waals surface area (Å²) in [4.78, 5) is 11.8. The van der Waals surface area contributed by atoms with E-state index in [0.717, 1.165) is 34.0 Å². The Morgan fingerprint density at radius 3 is 2.64 bits per heavy atom. The smallest absolute Gasteiger partial charge is 0.144 e. The average molecular weight is 439 g/mol. The zero-order chi connectivity index (χ0) is 22.2. The minimum absolute atomic E-state index is 0.527. The van der Waals surface area contributed by atoms with Crippen LogP contribution in [-0.4, -0.2) is 39.1 Å². The molecule has 0 spiro atoms. The van der Waals surface area contributed by atoms with Gasteiger partial charge in [0.15, 0.2) is 0 Å². The van der Waals surface area contributed by atoms with Crippen molar-refractivity contribution < 1.29 is 4.74 Å². The van der Waals surface area contributed by atoms with Crippen molar-refractivity contribution >= 4 is 11.0 Å². The quantitative estimate of drug-likeness (QED) is 0.374. The van der Waals surface area contributed by atoms with Crippen molar-refractivity contribution in [1.82, 2.24) is 19.4 Å². The Bertz CT molecular complexity index is 1260. The molecule has 1 aliphatic heterocycles. The Kier molecular flexibility index (Phi) is 5.35. The first kappa shape index (κ1) is 20.4. The largest absolute Gasteiger partial charge is 0.489 e. The fraction of sp³-hybridized carbons (Fsp3) is 0.357. The molecule has 2 aromatic carbocycles. The van der Waals surface area contributed by atoms with Crippen molar-refractivity contribution in [3.05, 3.63) is 78.4 Å². The lowest BCUT2D eigenvalue weighted by Gasteiger charge is -2.42. The van der Waals surface area contributed by atoms with E-state index in [4.69, 9.17) is 9.72 Å². The van der Waals surface area contributed by atoms with Crippen LogP contribution in [0.25, 0.3) is 22.2 Å². The van der Waals surface area contributed by atoms with Crippen LogP contribution in [-0.2, 0) is 6.61 Å². The third-order valence-corrected chi connectivity index (χ3v) is 7.26. The molecule has 1 saturated carbocycles. The van der Waals surface area contributed by atoms with Gasteiger partial charge < -0.3 is 14.2 Å². The molecule has 5 nitrogen and oxygen atoms in total. The first-order chi connectivity index (χ1) is 16.2. The molecule has 0 amide bonds. The third-order valence-electron chi connectivity index (χ3n) is 7.26. The maximum absolute atomic E-state index is 6.11. The summed E-state index contributed by atoms with van der Waals surface area (Å²) in [6.45, 7) is 6.48. The topological polar surface area (TPSA) is 43.2 Å². The highest BCUT2D eigenvalue weighted by Gasteiger charge is 2.34. The van der Waals surface area contributed by atoms with E-state index >= 15 is 0 Å². The van der Waals surface area contributed by atoms with Gasteiger partial charge in [0.25, 0.3) is 0 Å². The van der Waals surface area contributed by atoms with E-state index in [1.807, 2.05) is 24.3 Å². The molecule has 1 aliphatic carbocycles. The second-order valence-corrected chi connectivity index (χ2v) is 9.56. The number of nitrogens with zero attached hydrogens (tertiary/aromatic N) is 4. The van der Waals surface area contributed by atoms with Crippen molar-refractivity contribution in [3.63, 3.8) is 0 Å². The number of fused-ring (bicyclic) bond motifs is 1. The molecule has 2 aromatic heterocycles. The van der Waals surface area contributed by atoms with Crippen molar-refractivity contribution in [2.24, 2.45) is 5.92 Å². The van der Waals surface area contributed by atoms with Gasteiger partial charge in [-0.1, -0.05) is 42.5 Å². The highest BCUT2D eigenvalue weighted by atomic mass is 16.5. The number of ether oxygens (including phenoxy) is 1. The number of hydrogen-bond donors (Lipinski definition) is 0. The number of aryl methyl sites for hydroxylation is 1. The summed E-state index contributed by atoms with van der Waals surface area (Å²) in [7, 11) is 0. The summed E-state index contributed by atoms with van der Waals surface area (Å²) in [5.74, 6) is 1.69. The zero-order valence-electron chi connectivity index (χ0n) is 19.2. The van der Waals surface area contributed by atoms with Crippen molar-refractivity contribution in [2.45, 2.75) is 38.8 Å². The molecule has 0 N–H and O–H groups in total. The lowest BCUT2D eigenvalue weighted by molar-refractivity contribution is 0.0921. The van der Waals surface area contributed by atoms with Gasteiger partial charge in [0.1, 0.15) is 24.3 Å². The van der Waals surface area contributed by atoms with Crippen LogP contribution in [0.5, 0.6) is 5.75 Å². The maximum atomic E-state index is 6.11. The van der Waals surface area contributed by atoms with E-state index < -0.39 is 0 Å². The molecule has 0 radical (unpaired) electrons. The lowest BCUT2D eigenvalue weighted by Crippen LogP contribution is -2.43. The Morgan fingerprint density at radius 2 is 1.85 bits per heavy atom. The molecule has 0 unspecified atom stereocenters. The number of likely N-dealkylation sites (tertiary alicyclic amines) is 1.